The van der Waals surface area contributed by atoms with Crippen LogP contribution < -0.4 is 0 Å². The molecule has 1 atom stereocenters. The third kappa shape index (κ3) is 4.68. The van der Waals surface area contributed by atoms with Crippen LogP contribution >= 0.6 is 0 Å². The van der Waals surface area contributed by atoms with Gasteiger partial charge in [-0.2, -0.15) is 5.26 Å². The molecule has 20 heavy (non-hydrogen) atoms. The zero-order chi connectivity index (χ0) is 15.6. The number of nitriles is 1. The monoisotopic (exact) mass is 281 g/mol. The maximum absolute atomic E-state index is 12.2. The molecular formula is C15H27N3O2. The lowest BCUT2D eigenvalue weighted by Crippen LogP contribution is -2.60. The molecule has 0 N–H and O–H groups in total. The minimum absolute atomic E-state index is 0.0493. The van der Waals surface area contributed by atoms with Crippen LogP contribution in [-0.4, -0.2) is 52.7 Å². The Labute approximate surface area is 122 Å². The van der Waals surface area contributed by atoms with Crippen LogP contribution in [0.5, 0.6) is 0 Å². The average Bonchev–Trinajstić information content (AvgIpc) is 2.25. The number of nitrogens with zero attached hydrogens (tertiary/aromatic N) is 3. The lowest BCUT2D eigenvalue weighted by atomic mass is 10.0. The van der Waals surface area contributed by atoms with E-state index in [9.17, 15) is 4.79 Å². The zero-order valence-corrected chi connectivity index (χ0v) is 13.6. The number of carbonyl (C=O) groups excluding carboxylic acids is 1. The molecule has 0 spiro atoms. The Morgan fingerprint density at radius 3 is 2.30 bits per heavy atom. The molecule has 1 fully saturated rings. The molecule has 114 valence electrons. The van der Waals surface area contributed by atoms with Crippen molar-refractivity contribution in [1.29, 1.82) is 5.26 Å². The van der Waals surface area contributed by atoms with Crippen LogP contribution in [0.15, 0.2) is 0 Å². The van der Waals surface area contributed by atoms with Crippen LogP contribution in [-0.2, 0) is 4.74 Å². The van der Waals surface area contributed by atoms with Crippen molar-refractivity contribution < 1.29 is 9.53 Å². The molecule has 0 aliphatic carbocycles. The quantitative estimate of drug-likeness (QED) is 0.741. The number of amides is 1. The highest BCUT2D eigenvalue weighted by atomic mass is 16.6. The van der Waals surface area contributed by atoms with Gasteiger partial charge < -0.3 is 9.64 Å². The molecule has 0 aromatic carbocycles. The summed E-state index contributed by atoms with van der Waals surface area (Å²) in [4.78, 5) is 16.3. The van der Waals surface area contributed by atoms with Gasteiger partial charge in [0, 0.05) is 25.2 Å². The first-order valence-corrected chi connectivity index (χ1v) is 7.16. The summed E-state index contributed by atoms with van der Waals surface area (Å²) in [6.45, 7) is 14.2. The van der Waals surface area contributed by atoms with Gasteiger partial charge in [-0.3, -0.25) is 4.90 Å². The van der Waals surface area contributed by atoms with Crippen molar-refractivity contribution in [3.8, 4) is 6.07 Å². The SMILES string of the molecule is CC(C)(C)OC(=O)N1CCN(C(C)(C)C)CC1CC#N. The number of carbonyl (C=O) groups is 1. The highest BCUT2D eigenvalue weighted by Gasteiger charge is 2.36. The topological polar surface area (TPSA) is 56.6 Å². The predicted molar refractivity (Wildman–Crippen MR) is 78.3 cm³/mol. The summed E-state index contributed by atoms with van der Waals surface area (Å²) < 4.78 is 5.43. The van der Waals surface area contributed by atoms with Crippen molar-refractivity contribution in [1.82, 2.24) is 9.80 Å². The smallest absolute Gasteiger partial charge is 0.410 e. The summed E-state index contributed by atoms with van der Waals surface area (Å²) in [5.74, 6) is 0. The van der Waals surface area contributed by atoms with E-state index in [1.54, 1.807) is 4.90 Å². The van der Waals surface area contributed by atoms with Gasteiger partial charge in [-0.15, -0.1) is 0 Å². The minimum atomic E-state index is -0.505. The predicted octanol–water partition coefficient (Wildman–Crippen LogP) is 2.62. The van der Waals surface area contributed by atoms with E-state index >= 15 is 0 Å². The van der Waals surface area contributed by atoms with Gasteiger partial charge in [0.15, 0.2) is 0 Å². The number of hydrogen-bond acceptors (Lipinski definition) is 4. The number of rotatable bonds is 1. The Kier molecular flexibility index (Phi) is 5.04. The van der Waals surface area contributed by atoms with Gasteiger partial charge in [-0.1, -0.05) is 0 Å². The Morgan fingerprint density at radius 1 is 1.25 bits per heavy atom. The summed E-state index contributed by atoms with van der Waals surface area (Å²) in [5, 5.41) is 8.99. The molecule has 5 heteroatoms. The molecule has 1 amide bonds. The van der Waals surface area contributed by atoms with Crippen molar-refractivity contribution in [3.05, 3.63) is 0 Å². The Hall–Kier alpha value is -1.28. The standard InChI is InChI=1S/C15H27N3O2/c1-14(2,3)17-9-10-18(12(11-17)7-8-16)13(19)20-15(4,5)6/h12H,7,9-11H2,1-6H3. The van der Waals surface area contributed by atoms with Crippen molar-refractivity contribution in [3.63, 3.8) is 0 Å². The van der Waals surface area contributed by atoms with E-state index in [-0.39, 0.29) is 17.7 Å². The van der Waals surface area contributed by atoms with E-state index in [2.05, 4.69) is 31.7 Å². The first kappa shape index (κ1) is 16.8. The van der Waals surface area contributed by atoms with E-state index in [0.717, 1.165) is 13.1 Å². The summed E-state index contributed by atoms with van der Waals surface area (Å²) >= 11 is 0. The van der Waals surface area contributed by atoms with Gasteiger partial charge in [-0.25, -0.2) is 4.79 Å². The third-order valence-electron chi connectivity index (χ3n) is 3.39. The van der Waals surface area contributed by atoms with E-state index < -0.39 is 5.60 Å². The molecule has 5 nitrogen and oxygen atoms in total. The molecule has 1 aliphatic rings. The Balaban J connectivity index is 2.78. The van der Waals surface area contributed by atoms with Crippen molar-refractivity contribution >= 4 is 6.09 Å². The van der Waals surface area contributed by atoms with Crippen molar-refractivity contribution in [2.45, 2.75) is 65.1 Å². The van der Waals surface area contributed by atoms with Crippen LogP contribution in [0, 0.1) is 11.3 Å². The third-order valence-corrected chi connectivity index (χ3v) is 3.39. The molecular weight excluding hydrogens is 254 g/mol. The van der Waals surface area contributed by atoms with Crippen molar-refractivity contribution in [2.75, 3.05) is 19.6 Å². The fourth-order valence-corrected chi connectivity index (χ4v) is 2.31. The first-order valence-electron chi connectivity index (χ1n) is 7.16. The second kappa shape index (κ2) is 6.01. The van der Waals surface area contributed by atoms with E-state index in [1.165, 1.54) is 0 Å². The highest BCUT2D eigenvalue weighted by Crippen LogP contribution is 2.22. The van der Waals surface area contributed by atoms with Gasteiger partial charge in [0.05, 0.1) is 18.5 Å². The van der Waals surface area contributed by atoms with Gasteiger partial charge >= 0.3 is 6.09 Å². The largest absolute Gasteiger partial charge is 0.444 e. The van der Waals surface area contributed by atoms with Crippen molar-refractivity contribution in [2.24, 2.45) is 0 Å². The Bertz CT molecular complexity index is 387. The maximum atomic E-state index is 12.2. The van der Waals surface area contributed by atoms with E-state index in [4.69, 9.17) is 10.00 Å². The molecule has 1 rings (SSSR count). The summed E-state index contributed by atoms with van der Waals surface area (Å²) in [7, 11) is 0. The molecule has 0 aromatic heterocycles. The highest BCUT2D eigenvalue weighted by molar-refractivity contribution is 5.68. The van der Waals surface area contributed by atoms with Gasteiger partial charge in [-0.05, 0) is 41.5 Å². The maximum Gasteiger partial charge on any atom is 0.410 e. The van der Waals surface area contributed by atoms with Crippen LogP contribution in [0.2, 0.25) is 0 Å². The second-order valence-corrected chi connectivity index (χ2v) is 7.31. The van der Waals surface area contributed by atoms with Gasteiger partial charge in [0.2, 0.25) is 0 Å². The fraction of sp³-hybridized carbons (Fsp3) is 0.867. The fourth-order valence-electron chi connectivity index (χ4n) is 2.31. The minimum Gasteiger partial charge on any atom is -0.444 e. The lowest BCUT2D eigenvalue weighted by molar-refractivity contribution is -0.0150. The summed E-state index contributed by atoms with van der Waals surface area (Å²) in [5.41, 5.74) is -0.455. The van der Waals surface area contributed by atoms with Crippen LogP contribution in [0.25, 0.3) is 0 Å². The molecule has 1 unspecified atom stereocenters. The molecule has 0 aromatic rings. The summed E-state index contributed by atoms with van der Waals surface area (Å²) in [6, 6.07) is 2.09. The summed E-state index contributed by atoms with van der Waals surface area (Å²) in [6.07, 6.45) is 0.0255. The first-order chi connectivity index (χ1) is 9.04. The van der Waals surface area contributed by atoms with Crippen LogP contribution in [0.1, 0.15) is 48.0 Å². The van der Waals surface area contributed by atoms with E-state index in [0.29, 0.717) is 13.0 Å². The van der Waals surface area contributed by atoms with Crippen LogP contribution in [0.4, 0.5) is 4.79 Å². The molecule has 0 saturated carbocycles. The molecule has 0 radical (unpaired) electrons. The molecule has 1 saturated heterocycles. The normalized spacial score (nSPS) is 21.4. The molecule has 1 aliphatic heterocycles. The Morgan fingerprint density at radius 2 is 1.85 bits per heavy atom. The number of piperazine rings is 1. The molecule has 0 bridgehead atoms. The lowest BCUT2D eigenvalue weighted by Gasteiger charge is -2.46. The van der Waals surface area contributed by atoms with Gasteiger partial charge in [0.25, 0.3) is 0 Å². The van der Waals surface area contributed by atoms with E-state index in [1.807, 2.05) is 20.8 Å². The second-order valence-electron chi connectivity index (χ2n) is 7.31. The number of ether oxygens (including phenoxy) is 1. The van der Waals surface area contributed by atoms with Gasteiger partial charge in [0.1, 0.15) is 5.60 Å². The number of hydrogen-bond donors (Lipinski definition) is 0. The zero-order valence-electron chi connectivity index (χ0n) is 13.6. The molecule has 1 heterocycles. The average molecular weight is 281 g/mol. The van der Waals surface area contributed by atoms with Crippen LogP contribution in [0.3, 0.4) is 0 Å².